The average molecular weight is 130 g/mol. The molecule has 0 fully saturated rings. The third-order valence-electron chi connectivity index (χ3n) is 1.22. The molecule has 0 amide bonds. The first kappa shape index (κ1) is 8.66. The Bertz CT molecular complexity index is 75.0. The second-order valence-electron chi connectivity index (χ2n) is 2.04. The first-order valence-electron chi connectivity index (χ1n) is 3.18. The van der Waals surface area contributed by atoms with E-state index in [1.165, 1.54) is 0 Å². The summed E-state index contributed by atoms with van der Waals surface area (Å²) in [5, 5.41) is 17.1. The van der Waals surface area contributed by atoms with Crippen molar-refractivity contribution in [3.05, 3.63) is 12.2 Å². The SMILES string of the molecule is CC=CCC(CO)CO. The van der Waals surface area contributed by atoms with E-state index in [0.717, 1.165) is 6.42 Å². The van der Waals surface area contributed by atoms with Crippen LogP contribution in [0.2, 0.25) is 0 Å². The Morgan fingerprint density at radius 1 is 1.33 bits per heavy atom. The minimum absolute atomic E-state index is 0.0289. The van der Waals surface area contributed by atoms with Gasteiger partial charge in [-0.1, -0.05) is 12.2 Å². The van der Waals surface area contributed by atoms with Crippen LogP contribution in [0.25, 0.3) is 0 Å². The van der Waals surface area contributed by atoms with Gasteiger partial charge in [-0.15, -0.1) is 0 Å². The summed E-state index contributed by atoms with van der Waals surface area (Å²) in [6.45, 7) is 2.06. The Kier molecular flexibility index (Phi) is 5.57. The molecule has 0 aliphatic rings. The van der Waals surface area contributed by atoms with Crippen molar-refractivity contribution < 1.29 is 10.2 Å². The Hall–Kier alpha value is -0.340. The van der Waals surface area contributed by atoms with Crippen molar-refractivity contribution in [3.63, 3.8) is 0 Å². The van der Waals surface area contributed by atoms with Gasteiger partial charge in [0.2, 0.25) is 0 Å². The lowest BCUT2D eigenvalue weighted by Crippen LogP contribution is -2.09. The monoisotopic (exact) mass is 130 g/mol. The molecule has 0 aliphatic heterocycles. The molecule has 54 valence electrons. The molecule has 0 spiro atoms. The highest BCUT2D eigenvalue weighted by molar-refractivity contribution is 4.79. The molecule has 0 aromatic heterocycles. The van der Waals surface area contributed by atoms with Gasteiger partial charge in [-0.3, -0.25) is 0 Å². The first-order chi connectivity index (χ1) is 4.35. The Balaban J connectivity index is 3.31. The molecule has 9 heavy (non-hydrogen) atoms. The maximum Gasteiger partial charge on any atom is 0.0484 e. The molecular formula is C7H14O2. The molecule has 0 aliphatic carbocycles. The van der Waals surface area contributed by atoms with Gasteiger partial charge in [0.1, 0.15) is 0 Å². The van der Waals surface area contributed by atoms with Crippen LogP contribution in [-0.4, -0.2) is 23.4 Å². The number of allylic oxidation sites excluding steroid dienone is 2. The van der Waals surface area contributed by atoms with Crippen LogP contribution in [0.4, 0.5) is 0 Å². The highest BCUT2D eigenvalue weighted by atomic mass is 16.3. The van der Waals surface area contributed by atoms with Crippen molar-refractivity contribution in [1.29, 1.82) is 0 Å². The molecule has 0 aromatic carbocycles. The fourth-order valence-electron chi connectivity index (χ4n) is 0.535. The van der Waals surface area contributed by atoms with Crippen molar-refractivity contribution in [2.45, 2.75) is 13.3 Å². The molecule has 0 saturated carbocycles. The molecule has 0 bridgehead atoms. The van der Waals surface area contributed by atoms with E-state index in [-0.39, 0.29) is 19.1 Å². The third kappa shape index (κ3) is 4.18. The Morgan fingerprint density at radius 3 is 2.22 bits per heavy atom. The number of rotatable bonds is 4. The van der Waals surface area contributed by atoms with Crippen LogP contribution in [0.1, 0.15) is 13.3 Å². The van der Waals surface area contributed by atoms with Gasteiger partial charge in [-0.05, 0) is 13.3 Å². The molecule has 0 radical (unpaired) electrons. The number of hydrogen-bond acceptors (Lipinski definition) is 2. The summed E-state index contributed by atoms with van der Waals surface area (Å²) in [6.07, 6.45) is 4.62. The normalized spacial score (nSPS) is 11.6. The number of aliphatic hydroxyl groups excluding tert-OH is 2. The van der Waals surface area contributed by atoms with Crippen LogP contribution < -0.4 is 0 Å². The number of aliphatic hydroxyl groups is 2. The molecule has 0 saturated heterocycles. The van der Waals surface area contributed by atoms with Crippen molar-refractivity contribution >= 4 is 0 Å². The van der Waals surface area contributed by atoms with E-state index in [1.807, 2.05) is 19.1 Å². The van der Waals surface area contributed by atoms with Gasteiger partial charge in [0.15, 0.2) is 0 Å². The van der Waals surface area contributed by atoms with Crippen LogP contribution in [-0.2, 0) is 0 Å². The minimum Gasteiger partial charge on any atom is -0.396 e. The van der Waals surface area contributed by atoms with Gasteiger partial charge < -0.3 is 10.2 Å². The zero-order chi connectivity index (χ0) is 7.11. The van der Waals surface area contributed by atoms with Crippen LogP contribution in [0.3, 0.4) is 0 Å². The predicted molar refractivity (Wildman–Crippen MR) is 37.1 cm³/mol. The quantitative estimate of drug-likeness (QED) is 0.546. The van der Waals surface area contributed by atoms with E-state index in [1.54, 1.807) is 0 Å². The van der Waals surface area contributed by atoms with E-state index in [2.05, 4.69) is 0 Å². The van der Waals surface area contributed by atoms with E-state index in [4.69, 9.17) is 10.2 Å². The first-order valence-corrected chi connectivity index (χ1v) is 3.18. The molecule has 0 atom stereocenters. The lowest BCUT2D eigenvalue weighted by atomic mass is 10.1. The maximum atomic E-state index is 8.56. The summed E-state index contributed by atoms with van der Waals surface area (Å²) < 4.78 is 0. The van der Waals surface area contributed by atoms with Crippen LogP contribution in [0, 0.1) is 5.92 Å². The average Bonchev–Trinajstić information content (AvgIpc) is 1.91. The number of hydrogen-bond donors (Lipinski definition) is 2. The largest absolute Gasteiger partial charge is 0.396 e. The smallest absolute Gasteiger partial charge is 0.0484 e. The van der Waals surface area contributed by atoms with E-state index in [0.29, 0.717) is 0 Å². The van der Waals surface area contributed by atoms with Gasteiger partial charge >= 0.3 is 0 Å². The van der Waals surface area contributed by atoms with Crippen LogP contribution >= 0.6 is 0 Å². The van der Waals surface area contributed by atoms with Gasteiger partial charge in [0.05, 0.1) is 0 Å². The molecule has 0 heterocycles. The molecule has 2 N–H and O–H groups in total. The topological polar surface area (TPSA) is 40.5 Å². The Morgan fingerprint density at radius 2 is 1.89 bits per heavy atom. The zero-order valence-corrected chi connectivity index (χ0v) is 5.75. The predicted octanol–water partition coefficient (Wildman–Crippen LogP) is 0.553. The van der Waals surface area contributed by atoms with Gasteiger partial charge in [0, 0.05) is 19.1 Å². The summed E-state index contributed by atoms with van der Waals surface area (Å²) >= 11 is 0. The molecule has 2 nitrogen and oxygen atoms in total. The Labute approximate surface area is 55.8 Å². The lowest BCUT2D eigenvalue weighted by Gasteiger charge is -2.05. The van der Waals surface area contributed by atoms with E-state index in [9.17, 15) is 0 Å². The molecule has 2 heteroatoms. The summed E-state index contributed by atoms with van der Waals surface area (Å²) in [5.74, 6) is 0.0289. The highest BCUT2D eigenvalue weighted by Crippen LogP contribution is 2.00. The van der Waals surface area contributed by atoms with E-state index < -0.39 is 0 Å². The standard InChI is InChI=1S/C7H14O2/c1-2-3-4-7(5-8)6-9/h2-3,7-9H,4-6H2,1H3. The molecule has 0 aromatic rings. The van der Waals surface area contributed by atoms with Gasteiger partial charge in [-0.25, -0.2) is 0 Å². The fraction of sp³-hybridized carbons (Fsp3) is 0.714. The maximum absolute atomic E-state index is 8.56. The second kappa shape index (κ2) is 5.79. The van der Waals surface area contributed by atoms with Crippen LogP contribution in [0.5, 0.6) is 0 Å². The summed E-state index contributed by atoms with van der Waals surface area (Å²) in [6, 6.07) is 0. The molecular weight excluding hydrogens is 116 g/mol. The second-order valence-corrected chi connectivity index (χ2v) is 2.04. The zero-order valence-electron chi connectivity index (χ0n) is 5.75. The highest BCUT2D eigenvalue weighted by Gasteiger charge is 2.00. The fourth-order valence-corrected chi connectivity index (χ4v) is 0.535. The van der Waals surface area contributed by atoms with Crippen molar-refractivity contribution in [2.75, 3.05) is 13.2 Å². The van der Waals surface area contributed by atoms with Gasteiger partial charge in [-0.2, -0.15) is 0 Å². The minimum atomic E-state index is 0.0289. The van der Waals surface area contributed by atoms with Crippen molar-refractivity contribution in [2.24, 2.45) is 5.92 Å². The van der Waals surface area contributed by atoms with E-state index >= 15 is 0 Å². The third-order valence-corrected chi connectivity index (χ3v) is 1.22. The summed E-state index contributed by atoms with van der Waals surface area (Å²) in [5.41, 5.74) is 0. The molecule has 0 rings (SSSR count). The molecule has 0 unspecified atom stereocenters. The van der Waals surface area contributed by atoms with Crippen molar-refractivity contribution in [1.82, 2.24) is 0 Å². The van der Waals surface area contributed by atoms with Crippen molar-refractivity contribution in [3.8, 4) is 0 Å². The van der Waals surface area contributed by atoms with Crippen LogP contribution in [0.15, 0.2) is 12.2 Å². The summed E-state index contributed by atoms with van der Waals surface area (Å²) in [4.78, 5) is 0. The van der Waals surface area contributed by atoms with Gasteiger partial charge in [0.25, 0.3) is 0 Å². The lowest BCUT2D eigenvalue weighted by molar-refractivity contribution is 0.152. The summed E-state index contributed by atoms with van der Waals surface area (Å²) in [7, 11) is 0.